The zero-order chi connectivity index (χ0) is 14.9. The Balaban J connectivity index is 2.48. The van der Waals surface area contributed by atoms with Crippen LogP contribution in [0.25, 0.3) is 0 Å². The molecule has 2 aromatic rings. The summed E-state index contributed by atoms with van der Waals surface area (Å²) in [7, 11) is 1.53. The monoisotopic (exact) mass is 393 g/mol. The number of ether oxygens (including phenoxy) is 1. The molecule has 0 saturated heterocycles. The van der Waals surface area contributed by atoms with Gasteiger partial charge in [0.15, 0.2) is 0 Å². The molecule has 0 aliphatic carbocycles. The van der Waals surface area contributed by atoms with Crippen LogP contribution in [-0.4, -0.2) is 7.11 Å². The van der Waals surface area contributed by atoms with Crippen LogP contribution in [0.15, 0.2) is 34.8 Å². The molecule has 0 aromatic heterocycles. The van der Waals surface area contributed by atoms with Crippen molar-refractivity contribution in [2.45, 2.75) is 6.04 Å². The van der Waals surface area contributed by atoms with E-state index in [9.17, 15) is 0 Å². The Morgan fingerprint density at radius 3 is 2.35 bits per heavy atom. The minimum Gasteiger partial charge on any atom is -0.495 e. The maximum absolute atomic E-state index is 6.27. The normalized spacial score (nSPS) is 12.3. The number of nitrogens with two attached hydrogens (primary N) is 1. The van der Waals surface area contributed by atoms with Gasteiger partial charge < -0.3 is 10.5 Å². The second-order valence-electron chi connectivity index (χ2n) is 4.15. The molecular formula is C14H11BrCl3NO. The van der Waals surface area contributed by atoms with Crippen molar-refractivity contribution in [3.8, 4) is 5.75 Å². The first kappa shape index (κ1) is 15.9. The molecule has 6 heteroatoms. The maximum atomic E-state index is 6.27. The van der Waals surface area contributed by atoms with Gasteiger partial charge in [-0.25, -0.2) is 0 Å². The third kappa shape index (κ3) is 3.23. The fraction of sp³-hybridized carbons (Fsp3) is 0.143. The van der Waals surface area contributed by atoms with E-state index < -0.39 is 6.04 Å². The van der Waals surface area contributed by atoms with Gasteiger partial charge in [0.05, 0.1) is 18.2 Å². The van der Waals surface area contributed by atoms with Gasteiger partial charge in [0, 0.05) is 20.6 Å². The highest BCUT2D eigenvalue weighted by Crippen LogP contribution is 2.37. The molecule has 0 aliphatic rings. The Morgan fingerprint density at radius 2 is 1.75 bits per heavy atom. The van der Waals surface area contributed by atoms with Crippen LogP contribution >= 0.6 is 50.7 Å². The van der Waals surface area contributed by atoms with Gasteiger partial charge in [0.2, 0.25) is 0 Å². The predicted molar refractivity (Wildman–Crippen MR) is 88.2 cm³/mol. The zero-order valence-electron chi connectivity index (χ0n) is 10.5. The van der Waals surface area contributed by atoms with Gasteiger partial charge in [-0.15, -0.1) is 0 Å². The number of rotatable bonds is 3. The molecule has 0 fully saturated rings. The summed E-state index contributed by atoms with van der Waals surface area (Å²) in [6, 6.07) is 8.37. The maximum Gasteiger partial charge on any atom is 0.138 e. The summed E-state index contributed by atoms with van der Waals surface area (Å²) in [5.41, 5.74) is 7.87. The molecule has 1 unspecified atom stereocenters. The number of hydrogen-bond acceptors (Lipinski definition) is 2. The summed E-state index contributed by atoms with van der Waals surface area (Å²) in [6.07, 6.45) is 0. The molecule has 0 spiro atoms. The van der Waals surface area contributed by atoms with E-state index in [0.717, 1.165) is 15.6 Å². The average molecular weight is 396 g/mol. The van der Waals surface area contributed by atoms with E-state index >= 15 is 0 Å². The fourth-order valence-electron chi connectivity index (χ4n) is 1.86. The minimum absolute atomic E-state index is 0.419. The lowest BCUT2D eigenvalue weighted by atomic mass is 9.99. The Hall–Kier alpha value is -0.450. The van der Waals surface area contributed by atoms with Crippen LogP contribution in [-0.2, 0) is 0 Å². The van der Waals surface area contributed by atoms with E-state index in [1.165, 1.54) is 7.11 Å². The fourth-order valence-corrected chi connectivity index (χ4v) is 3.31. The van der Waals surface area contributed by atoms with E-state index in [-0.39, 0.29) is 0 Å². The van der Waals surface area contributed by atoms with E-state index in [4.69, 9.17) is 45.3 Å². The van der Waals surface area contributed by atoms with Gasteiger partial charge in [-0.2, -0.15) is 0 Å². The molecule has 0 heterocycles. The first-order chi connectivity index (χ1) is 9.43. The molecule has 0 bridgehead atoms. The Bertz CT molecular complexity index is 649. The largest absolute Gasteiger partial charge is 0.495 e. The molecule has 1 atom stereocenters. The topological polar surface area (TPSA) is 35.2 Å². The van der Waals surface area contributed by atoms with Crippen LogP contribution in [0.3, 0.4) is 0 Å². The number of halogens is 4. The average Bonchev–Trinajstić information content (AvgIpc) is 2.40. The molecule has 106 valence electrons. The second-order valence-corrected chi connectivity index (χ2v) is 6.26. The lowest BCUT2D eigenvalue weighted by molar-refractivity contribution is 0.415. The van der Waals surface area contributed by atoms with Crippen LogP contribution in [0.2, 0.25) is 15.1 Å². The molecule has 2 N–H and O–H groups in total. The van der Waals surface area contributed by atoms with Crippen LogP contribution in [0.1, 0.15) is 17.2 Å². The van der Waals surface area contributed by atoms with Gasteiger partial charge in [0.1, 0.15) is 5.75 Å². The Morgan fingerprint density at radius 1 is 1.05 bits per heavy atom. The lowest BCUT2D eigenvalue weighted by Gasteiger charge is -2.17. The molecule has 20 heavy (non-hydrogen) atoms. The van der Waals surface area contributed by atoms with Crippen molar-refractivity contribution in [1.82, 2.24) is 0 Å². The van der Waals surface area contributed by atoms with Crippen molar-refractivity contribution in [1.29, 1.82) is 0 Å². The van der Waals surface area contributed by atoms with Gasteiger partial charge in [0.25, 0.3) is 0 Å². The van der Waals surface area contributed by atoms with Crippen molar-refractivity contribution in [3.05, 3.63) is 61.0 Å². The van der Waals surface area contributed by atoms with Gasteiger partial charge >= 0.3 is 0 Å². The highest BCUT2D eigenvalue weighted by molar-refractivity contribution is 9.10. The number of benzene rings is 2. The van der Waals surface area contributed by atoms with E-state index in [2.05, 4.69) is 15.9 Å². The van der Waals surface area contributed by atoms with Crippen molar-refractivity contribution in [3.63, 3.8) is 0 Å². The van der Waals surface area contributed by atoms with Gasteiger partial charge in [-0.05, 0) is 29.3 Å². The van der Waals surface area contributed by atoms with Crippen LogP contribution < -0.4 is 10.5 Å². The van der Waals surface area contributed by atoms with Crippen molar-refractivity contribution >= 4 is 50.7 Å². The van der Waals surface area contributed by atoms with Crippen molar-refractivity contribution < 1.29 is 4.74 Å². The summed E-state index contributed by atoms with van der Waals surface area (Å²) in [5.74, 6) is 0.516. The molecule has 0 saturated carbocycles. The molecule has 0 aliphatic heterocycles. The van der Waals surface area contributed by atoms with E-state index in [0.29, 0.717) is 20.8 Å². The summed E-state index contributed by atoms with van der Waals surface area (Å²) in [4.78, 5) is 0. The van der Waals surface area contributed by atoms with Crippen molar-refractivity contribution in [2.75, 3.05) is 7.11 Å². The summed E-state index contributed by atoms with van der Waals surface area (Å²) < 4.78 is 5.94. The Kier molecular flexibility index (Phi) is 5.21. The summed E-state index contributed by atoms with van der Waals surface area (Å²) in [6.45, 7) is 0. The molecule has 0 amide bonds. The lowest BCUT2D eigenvalue weighted by Crippen LogP contribution is -2.13. The van der Waals surface area contributed by atoms with E-state index in [1.54, 1.807) is 24.3 Å². The molecule has 2 rings (SSSR count). The first-order valence-electron chi connectivity index (χ1n) is 5.67. The quantitative estimate of drug-likeness (QED) is 0.748. The van der Waals surface area contributed by atoms with Crippen molar-refractivity contribution in [2.24, 2.45) is 5.73 Å². The Labute approximate surface area is 140 Å². The zero-order valence-corrected chi connectivity index (χ0v) is 14.3. The number of hydrogen-bond donors (Lipinski definition) is 1. The second kappa shape index (κ2) is 6.54. The van der Waals surface area contributed by atoms with Crippen LogP contribution in [0, 0.1) is 0 Å². The predicted octanol–water partition coefficient (Wildman–Crippen LogP) is 5.47. The minimum atomic E-state index is -0.419. The van der Waals surface area contributed by atoms with Crippen LogP contribution in [0.4, 0.5) is 0 Å². The summed E-state index contributed by atoms with van der Waals surface area (Å²) >= 11 is 21.8. The first-order valence-corrected chi connectivity index (χ1v) is 7.60. The molecule has 0 radical (unpaired) electrons. The standard InChI is InChI=1S/C14H11BrCl3NO/c1-20-13-6-11(17)9(5-12(13)18)14(19)8-3-2-7(16)4-10(8)15/h2-6,14H,19H2,1H3. The van der Waals surface area contributed by atoms with E-state index in [1.807, 2.05) is 6.07 Å². The highest BCUT2D eigenvalue weighted by Gasteiger charge is 2.18. The molecular weight excluding hydrogens is 384 g/mol. The molecule has 2 aromatic carbocycles. The smallest absolute Gasteiger partial charge is 0.138 e. The molecule has 2 nitrogen and oxygen atoms in total. The van der Waals surface area contributed by atoms with Gasteiger partial charge in [-0.1, -0.05) is 56.8 Å². The number of methoxy groups -OCH3 is 1. The van der Waals surface area contributed by atoms with Crippen LogP contribution in [0.5, 0.6) is 5.75 Å². The highest BCUT2D eigenvalue weighted by atomic mass is 79.9. The van der Waals surface area contributed by atoms with Gasteiger partial charge in [-0.3, -0.25) is 0 Å². The SMILES string of the molecule is COc1cc(Cl)c(C(N)c2ccc(Cl)cc2Br)cc1Cl. The third-order valence-electron chi connectivity index (χ3n) is 2.90. The third-order valence-corrected chi connectivity index (χ3v) is 4.45. The summed E-state index contributed by atoms with van der Waals surface area (Å²) in [5, 5.41) is 1.60.